The minimum Gasteiger partial charge on any atom is -0.495 e. The molecule has 0 amide bonds. The highest BCUT2D eigenvalue weighted by atomic mass is 32.2. The molecule has 6 nitrogen and oxygen atoms in total. The van der Waals surface area contributed by atoms with Crippen molar-refractivity contribution in [3.63, 3.8) is 0 Å². The van der Waals surface area contributed by atoms with Gasteiger partial charge in [-0.25, -0.2) is 13.2 Å². The van der Waals surface area contributed by atoms with Crippen molar-refractivity contribution in [3.8, 4) is 11.5 Å². The van der Waals surface area contributed by atoms with E-state index in [1.165, 1.54) is 29.6 Å². The largest absolute Gasteiger partial charge is 0.495 e. The van der Waals surface area contributed by atoms with Gasteiger partial charge in [0.2, 0.25) is 10.0 Å². The molecule has 0 radical (unpaired) electrons. The maximum atomic E-state index is 13.0. The van der Waals surface area contributed by atoms with Crippen LogP contribution in [-0.2, 0) is 14.8 Å². The molecule has 0 atom stereocenters. The summed E-state index contributed by atoms with van der Waals surface area (Å²) in [5, 5.41) is 0. The van der Waals surface area contributed by atoms with E-state index in [0.717, 1.165) is 19.3 Å². The third-order valence-corrected chi connectivity index (χ3v) is 6.41. The molecule has 3 rings (SSSR count). The molecule has 1 aliphatic heterocycles. The second-order valence-corrected chi connectivity index (χ2v) is 8.35. The van der Waals surface area contributed by atoms with Crippen LogP contribution in [0.1, 0.15) is 24.8 Å². The Kier molecular flexibility index (Phi) is 6.49. The summed E-state index contributed by atoms with van der Waals surface area (Å²) in [4.78, 5) is 12.1. The van der Waals surface area contributed by atoms with Crippen molar-refractivity contribution in [2.75, 3.05) is 20.2 Å². The Morgan fingerprint density at radius 2 is 1.75 bits per heavy atom. The average molecular weight is 401 g/mol. The predicted octanol–water partition coefficient (Wildman–Crippen LogP) is 3.49. The molecule has 0 bridgehead atoms. The van der Waals surface area contributed by atoms with E-state index in [4.69, 9.17) is 9.47 Å². The molecule has 0 saturated carbocycles. The molecule has 1 aliphatic rings. The molecular weight excluding hydrogens is 378 g/mol. The zero-order valence-corrected chi connectivity index (χ0v) is 16.5. The van der Waals surface area contributed by atoms with Crippen LogP contribution in [0.15, 0.2) is 59.5 Å². The van der Waals surface area contributed by atoms with Crippen LogP contribution in [0.4, 0.5) is 0 Å². The van der Waals surface area contributed by atoms with Gasteiger partial charge in [-0.05, 0) is 48.7 Å². The molecule has 0 aliphatic carbocycles. The lowest BCUT2D eigenvalue weighted by Crippen LogP contribution is -2.35. The van der Waals surface area contributed by atoms with E-state index >= 15 is 0 Å². The number of piperidine rings is 1. The molecule has 2 aromatic rings. The van der Waals surface area contributed by atoms with Crippen molar-refractivity contribution in [2.24, 2.45) is 0 Å². The first kappa shape index (κ1) is 20.1. The summed E-state index contributed by atoms with van der Waals surface area (Å²) in [6.45, 7) is 1.02. The highest BCUT2D eigenvalue weighted by molar-refractivity contribution is 7.89. The number of hydrogen-bond donors (Lipinski definition) is 0. The van der Waals surface area contributed by atoms with Crippen LogP contribution in [0.5, 0.6) is 11.5 Å². The van der Waals surface area contributed by atoms with Gasteiger partial charge in [0.05, 0.1) is 7.11 Å². The minimum atomic E-state index is -3.66. The zero-order chi connectivity index (χ0) is 20.0. The third kappa shape index (κ3) is 4.79. The fraction of sp³-hybridized carbons (Fsp3) is 0.286. The minimum absolute atomic E-state index is 0.107. The highest BCUT2D eigenvalue weighted by Gasteiger charge is 2.28. The predicted molar refractivity (Wildman–Crippen MR) is 107 cm³/mol. The van der Waals surface area contributed by atoms with Gasteiger partial charge in [0.25, 0.3) is 0 Å². The van der Waals surface area contributed by atoms with Crippen LogP contribution < -0.4 is 9.47 Å². The van der Waals surface area contributed by atoms with Crippen LogP contribution in [-0.4, -0.2) is 38.9 Å². The number of esters is 1. The molecule has 0 aromatic heterocycles. The van der Waals surface area contributed by atoms with Gasteiger partial charge in [-0.3, -0.25) is 0 Å². The summed E-state index contributed by atoms with van der Waals surface area (Å²) < 4.78 is 38.0. The van der Waals surface area contributed by atoms with E-state index in [0.29, 0.717) is 24.4 Å². The topological polar surface area (TPSA) is 72.9 Å². The van der Waals surface area contributed by atoms with Crippen LogP contribution in [0.2, 0.25) is 0 Å². The molecule has 1 fully saturated rings. The maximum absolute atomic E-state index is 13.0. The summed E-state index contributed by atoms with van der Waals surface area (Å²) in [5.41, 5.74) is 0.571. The average Bonchev–Trinajstić information content (AvgIpc) is 2.73. The Bertz CT molecular complexity index is 948. The monoisotopic (exact) mass is 401 g/mol. The van der Waals surface area contributed by atoms with Crippen molar-refractivity contribution in [2.45, 2.75) is 24.2 Å². The zero-order valence-electron chi connectivity index (χ0n) is 15.7. The smallest absolute Gasteiger partial charge is 0.336 e. The number of carbonyl (C=O) groups is 1. The number of nitrogens with zero attached hydrogens (tertiary/aromatic N) is 1. The van der Waals surface area contributed by atoms with Crippen molar-refractivity contribution >= 4 is 22.1 Å². The Balaban J connectivity index is 1.81. The van der Waals surface area contributed by atoms with Crippen LogP contribution in [0.25, 0.3) is 6.08 Å². The van der Waals surface area contributed by atoms with Crippen molar-refractivity contribution in [1.82, 2.24) is 4.31 Å². The lowest BCUT2D eigenvalue weighted by molar-refractivity contribution is -0.128. The van der Waals surface area contributed by atoms with Gasteiger partial charge in [0.1, 0.15) is 16.4 Å². The fourth-order valence-corrected chi connectivity index (χ4v) is 4.75. The molecule has 7 heteroatoms. The van der Waals surface area contributed by atoms with Gasteiger partial charge in [0, 0.05) is 19.2 Å². The maximum Gasteiger partial charge on any atom is 0.336 e. The number of carbonyl (C=O) groups excluding carboxylic acids is 1. The van der Waals surface area contributed by atoms with E-state index < -0.39 is 16.0 Å². The SMILES string of the molecule is COc1ccc(/C=C/C(=O)Oc2ccccc2)cc1S(=O)(=O)N1CCCCC1. The number of methoxy groups -OCH3 is 1. The molecule has 1 heterocycles. The molecule has 0 spiro atoms. The van der Waals surface area contributed by atoms with E-state index in [1.807, 2.05) is 6.07 Å². The second kappa shape index (κ2) is 9.03. The number of benzene rings is 2. The molecule has 28 heavy (non-hydrogen) atoms. The van der Waals surface area contributed by atoms with Crippen molar-refractivity contribution in [3.05, 3.63) is 60.2 Å². The molecule has 148 valence electrons. The number of rotatable bonds is 6. The van der Waals surface area contributed by atoms with Crippen LogP contribution in [0.3, 0.4) is 0 Å². The number of para-hydroxylation sites is 1. The van der Waals surface area contributed by atoms with E-state index in [-0.39, 0.29) is 10.6 Å². The number of hydrogen-bond acceptors (Lipinski definition) is 5. The Labute approximate surface area is 165 Å². The summed E-state index contributed by atoms with van der Waals surface area (Å²) >= 11 is 0. The van der Waals surface area contributed by atoms with Gasteiger partial charge in [-0.15, -0.1) is 0 Å². The van der Waals surface area contributed by atoms with Crippen LogP contribution >= 0.6 is 0 Å². The molecule has 2 aromatic carbocycles. The Morgan fingerprint density at radius 3 is 2.43 bits per heavy atom. The van der Waals surface area contributed by atoms with Gasteiger partial charge in [0.15, 0.2) is 0 Å². The van der Waals surface area contributed by atoms with Gasteiger partial charge < -0.3 is 9.47 Å². The van der Waals surface area contributed by atoms with Gasteiger partial charge in [-0.1, -0.05) is 30.7 Å². The quantitative estimate of drug-likeness (QED) is 0.421. The summed E-state index contributed by atoms with van der Waals surface area (Å²) in [6, 6.07) is 13.6. The summed E-state index contributed by atoms with van der Waals surface area (Å²) in [6.07, 6.45) is 5.54. The van der Waals surface area contributed by atoms with Crippen LogP contribution in [0, 0.1) is 0 Å². The van der Waals surface area contributed by atoms with Gasteiger partial charge >= 0.3 is 5.97 Å². The Morgan fingerprint density at radius 1 is 1.04 bits per heavy atom. The molecular formula is C21H23NO5S. The normalized spacial score (nSPS) is 15.5. The lowest BCUT2D eigenvalue weighted by Gasteiger charge is -2.26. The van der Waals surface area contributed by atoms with Gasteiger partial charge in [-0.2, -0.15) is 4.31 Å². The first-order chi connectivity index (χ1) is 13.5. The molecule has 0 unspecified atom stereocenters. The van der Waals surface area contributed by atoms with Crippen molar-refractivity contribution in [1.29, 1.82) is 0 Å². The standard InChI is InChI=1S/C21H23NO5S/c1-26-19-12-10-17(11-13-21(23)27-18-8-4-2-5-9-18)16-20(19)28(24,25)22-14-6-3-7-15-22/h2,4-5,8-13,16H,3,6-7,14-15H2,1H3/b13-11+. The van der Waals surface area contributed by atoms with E-state index in [2.05, 4.69) is 0 Å². The second-order valence-electron chi connectivity index (χ2n) is 6.44. The van der Waals surface area contributed by atoms with E-state index in [9.17, 15) is 13.2 Å². The molecule has 1 saturated heterocycles. The Hall–Kier alpha value is -2.64. The fourth-order valence-electron chi connectivity index (χ4n) is 3.05. The molecule has 0 N–H and O–H groups in total. The summed E-state index contributed by atoms with van der Waals surface area (Å²) in [5.74, 6) is 0.192. The lowest BCUT2D eigenvalue weighted by atomic mass is 10.2. The van der Waals surface area contributed by atoms with E-state index in [1.54, 1.807) is 36.4 Å². The van der Waals surface area contributed by atoms with Crippen molar-refractivity contribution < 1.29 is 22.7 Å². The first-order valence-corrected chi connectivity index (χ1v) is 10.6. The third-order valence-electron chi connectivity index (χ3n) is 4.49. The highest BCUT2D eigenvalue weighted by Crippen LogP contribution is 2.30. The number of ether oxygens (including phenoxy) is 2. The number of sulfonamides is 1. The summed E-state index contributed by atoms with van der Waals surface area (Å²) in [7, 11) is -2.21. The first-order valence-electron chi connectivity index (χ1n) is 9.14.